The second-order valence-electron chi connectivity index (χ2n) is 4.29. The lowest BCUT2D eigenvalue weighted by Crippen LogP contribution is -2.07. The zero-order chi connectivity index (χ0) is 13.3. The maximum absolute atomic E-state index is 10.3. The Morgan fingerprint density at radius 1 is 1.33 bits per heavy atom. The van der Waals surface area contributed by atoms with Crippen molar-refractivity contribution in [3.63, 3.8) is 0 Å². The predicted molar refractivity (Wildman–Crippen MR) is 78.5 cm³/mol. The average molecular weight is 374 g/mol. The average Bonchev–Trinajstić information content (AvgIpc) is 2.57. The zero-order valence-electron chi connectivity index (χ0n) is 10.2. The van der Waals surface area contributed by atoms with E-state index in [-0.39, 0.29) is 0 Å². The van der Waals surface area contributed by atoms with Crippen LogP contribution in [0.1, 0.15) is 23.1 Å². The number of halogens is 2. The highest BCUT2D eigenvalue weighted by atomic mass is 79.9. The van der Waals surface area contributed by atoms with Crippen LogP contribution in [-0.2, 0) is 13.5 Å². The van der Waals surface area contributed by atoms with Crippen LogP contribution in [0.25, 0.3) is 0 Å². The Balaban J connectivity index is 2.21. The lowest BCUT2D eigenvalue weighted by Gasteiger charge is -2.13. The Morgan fingerprint density at radius 3 is 2.61 bits per heavy atom. The lowest BCUT2D eigenvalue weighted by atomic mass is 10.0. The van der Waals surface area contributed by atoms with Crippen LogP contribution >= 0.6 is 31.9 Å². The first-order valence-corrected chi connectivity index (χ1v) is 7.18. The first-order valence-electron chi connectivity index (χ1n) is 5.60. The summed E-state index contributed by atoms with van der Waals surface area (Å²) in [6, 6.07) is 7.78. The summed E-state index contributed by atoms with van der Waals surface area (Å²) in [4.78, 5) is 0. The number of nitrogens with zero attached hydrogens (tertiary/aromatic N) is 2. The molecule has 18 heavy (non-hydrogen) atoms. The summed E-state index contributed by atoms with van der Waals surface area (Å²) in [6.45, 7) is 1.95. The van der Waals surface area contributed by atoms with E-state index in [9.17, 15) is 5.11 Å². The minimum absolute atomic E-state index is 0.540. The molecule has 0 aliphatic heterocycles. The number of aliphatic hydroxyl groups is 1. The van der Waals surface area contributed by atoms with E-state index >= 15 is 0 Å². The van der Waals surface area contributed by atoms with Crippen LogP contribution < -0.4 is 0 Å². The van der Waals surface area contributed by atoms with Gasteiger partial charge in [-0.05, 0) is 30.7 Å². The molecule has 0 fully saturated rings. The van der Waals surface area contributed by atoms with Crippen LogP contribution in [0.5, 0.6) is 0 Å². The minimum atomic E-state index is -0.540. The number of benzene rings is 1. The van der Waals surface area contributed by atoms with E-state index in [0.717, 1.165) is 25.9 Å². The molecule has 0 saturated heterocycles. The van der Waals surface area contributed by atoms with Crippen molar-refractivity contribution in [3.05, 3.63) is 50.2 Å². The van der Waals surface area contributed by atoms with Crippen LogP contribution in [0, 0.1) is 6.92 Å². The molecule has 0 amide bonds. The fraction of sp³-hybridized carbons (Fsp3) is 0.308. The monoisotopic (exact) mass is 372 g/mol. The number of aliphatic hydroxyl groups excluding tert-OH is 1. The molecule has 2 aromatic rings. The standard InChI is InChI=1S/C13H14Br2N2O/c1-8-5-10(17(2)16-8)7-13(18)11-4-3-9(14)6-12(11)15/h3-6,13,18H,7H2,1-2H3. The summed E-state index contributed by atoms with van der Waals surface area (Å²) in [5, 5.41) is 14.6. The fourth-order valence-electron chi connectivity index (χ4n) is 1.94. The van der Waals surface area contributed by atoms with Crippen molar-refractivity contribution in [2.45, 2.75) is 19.4 Å². The van der Waals surface area contributed by atoms with Gasteiger partial charge in [-0.1, -0.05) is 37.9 Å². The van der Waals surface area contributed by atoms with Crippen LogP contribution in [0.4, 0.5) is 0 Å². The largest absolute Gasteiger partial charge is 0.388 e. The summed E-state index contributed by atoms with van der Waals surface area (Å²) < 4.78 is 3.70. The van der Waals surface area contributed by atoms with Gasteiger partial charge in [0.25, 0.3) is 0 Å². The van der Waals surface area contributed by atoms with Crippen molar-refractivity contribution < 1.29 is 5.11 Å². The molecule has 0 aliphatic rings. The quantitative estimate of drug-likeness (QED) is 0.893. The summed E-state index contributed by atoms with van der Waals surface area (Å²) in [6.07, 6.45) is 0.0136. The Kier molecular flexibility index (Phi) is 4.25. The third kappa shape index (κ3) is 3.02. The highest BCUT2D eigenvalue weighted by Crippen LogP contribution is 2.28. The van der Waals surface area contributed by atoms with Crippen LogP contribution in [-0.4, -0.2) is 14.9 Å². The van der Waals surface area contributed by atoms with Crippen molar-refractivity contribution in [1.29, 1.82) is 0 Å². The van der Waals surface area contributed by atoms with Gasteiger partial charge in [0.05, 0.1) is 11.8 Å². The molecule has 1 atom stereocenters. The molecule has 0 spiro atoms. The van der Waals surface area contributed by atoms with Gasteiger partial charge in [0.2, 0.25) is 0 Å². The van der Waals surface area contributed by atoms with Gasteiger partial charge in [0.1, 0.15) is 0 Å². The molecular formula is C13H14Br2N2O. The summed E-state index contributed by atoms with van der Waals surface area (Å²) in [7, 11) is 1.89. The molecule has 96 valence electrons. The lowest BCUT2D eigenvalue weighted by molar-refractivity contribution is 0.175. The highest BCUT2D eigenvalue weighted by Gasteiger charge is 2.14. The third-order valence-electron chi connectivity index (χ3n) is 2.82. The van der Waals surface area contributed by atoms with Gasteiger partial charge in [-0.2, -0.15) is 5.10 Å². The molecule has 1 aromatic carbocycles. The molecule has 1 unspecified atom stereocenters. The second-order valence-corrected chi connectivity index (χ2v) is 6.06. The van der Waals surface area contributed by atoms with E-state index in [2.05, 4.69) is 37.0 Å². The van der Waals surface area contributed by atoms with Gasteiger partial charge in [0, 0.05) is 28.1 Å². The SMILES string of the molecule is Cc1cc(CC(O)c2ccc(Br)cc2Br)n(C)n1. The molecular weight excluding hydrogens is 360 g/mol. The molecule has 0 radical (unpaired) electrons. The van der Waals surface area contributed by atoms with Crippen molar-refractivity contribution in [1.82, 2.24) is 9.78 Å². The van der Waals surface area contributed by atoms with Crippen LogP contribution in [0.3, 0.4) is 0 Å². The van der Waals surface area contributed by atoms with Crippen molar-refractivity contribution in [3.8, 4) is 0 Å². The highest BCUT2D eigenvalue weighted by molar-refractivity contribution is 9.11. The van der Waals surface area contributed by atoms with Gasteiger partial charge in [0.15, 0.2) is 0 Å². The third-order valence-corrected chi connectivity index (χ3v) is 4.00. The molecule has 3 nitrogen and oxygen atoms in total. The minimum Gasteiger partial charge on any atom is -0.388 e. The van der Waals surface area contributed by atoms with E-state index in [1.54, 1.807) is 0 Å². The zero-order valence-corrected chi connectivity index (χ0v) is 13.4. The molecule has 1 N–H and O–H groups in total. The Hall–Kier alpha value is -0.650. The summed E-state index contributed by atoms with van der Waals surface area (Å²) >= 11 is 6.87. The smallest absolute Gasteiger partial charge is 0.0856 e. The van der Waals surface area contributed by atoms with Gasteiger partial charge < -0.3 is 5.11 Å². The predicted octanol–water partition coefficient (Wildman–Crippen LogP) is 3.53. The van der Waals surface area contributed by atoms with Gasteiger partial charge in [-0.25, -0.2) is 0 Å². The fourth-order valence-corrected chi connectivity index (χ4v) is 3.25. The van der Waals surface area contributed by atoms with Crippen molar-refractivity contribution >= 4 is 31.9 Å². The number of hydrogen-bond donors (Lipinski definition) is 1. The molecule has 1 aromatic heterocycles. The van der Waals surface area contributed by atoms with E-state index in [1.165, 1.54) is 0 Å². The number of aryl methyl sites for hydroxylation is 2. The molecule has 5 heteroatoms. The van der Waals surface area contributed by atoms with Gasteiger partial charge in [-0.15, -0.1) is 0 Å². The maximum Gasteiger partial charge on any atom is 0.0856 e. The van der Waals surface area contributed by atoms with E-state index < -0.39 is 6.10 Å². The summed E-state index contributed by atoms with van der Waals surface area (Å²) in [5.41, 5.74) is 2.88. The van der Waals surface area contributed by atoms with Crippen molar-refractivity contribution in [2.75, 3.05) is 0 Å². The molecule has 0 saturated carbocycles. The van der Waals surface area contributed by atoms with Gasteiger partial charge >= 0.3 is 0 Å². The number of hydrogen-bond acceptors (Lipinski definition) is 2. The molecule has 1 heterocycles. The Morgan fingerprint density at radius 2 is 2.06 bits per heavy atom. The molecule has 0 aliphatic carbocycles. The van der Waals surface area contributed by atoms with Crippen LogP contribution in [0.2, 0.25) is 0 Å². The van der Waals surface area contributed by atoms with E-state index in [4.69, 9.17) is 0 Å². The van der Waals surface area contributed by atoms with Gasteiger partial charge in [-0.3, -0.25) is 4.68 Å². The molecule has 2 rings (SSSR count). The van der Waals surface area contributed by atoms with Crippen molar-refractivity contribution in [2.24, 2.45) is 7.05 Å². The maximum atomic E-state index is 10.3. The van der Waals surface area contributed by atoms with Crippen LogP contribution in [0.15, 0.2) is 33.2 Å². The van der Waals surface area contributed by atoms with E-state index in [1.807, 2.05) is 42.9 Å². The second kappa shape index (κ2) is 5.55. The Labute approximate surface area is 123 Å². The first-order chi connectivity index (χ1) is 8.47. The van der Waals surface area contributed by atoms with E-state index in [0.29, 0.717) is 6.42 Å². The normalized spacial score (nSPS) is 12.7. The number of rotatable bonds is 3. The Bertz CT molecular complexity index is 566. The summed E-state index contributed by atoms with van der Waals surface area (Å²) in [5.74, 6) is 0. The first kappa shape index (κ1) is 13.8. The molecule has 0 bridgehead atoms. The topological polar surface area (TPSA) is 38.0 Å². The number of aromatic nitrogens is 2.